The Balaban J connectivity index is 1.35. The lowest BCUT2D eigenvalue weighted by molar-refractivity contribution is 0.109. The van der Waals surface area contributed by atoms with Gasteiger partial charge in [0, 0.05) is 25.2 Å². The molecule has 3 heterocycles. The molecule has 1 atom stereocenters. The van der Waals surface area contributed by atoms with Crippen LogP contribution in [0.2, 0.25) is 0 Å². The van der Waals surface area contributed by atoms with Crippen molar-refractivity contribution in [2.24, 2.45) is 0 Å². The Bertz CT molecular complexity index is 965. The normalized spacial score (nSPS) is 20.4. The molecule has 2 saturated heterocycles. The van der Waals surface area contributed by atoms with Crippen molar-refractivity contribution in [2.45, 2.75) is 12.6 Å². The van der Waals surface area contributed by atoms with E-state index in [2.05, 4.69) is 33.3 Å². The number of aromatic nitrogens is 2. The third kappa shape index (κ3) is 2.61. The minimum absolute atomic E-state index is 0.122. The Morgan fingerprint density at radius 2 is 1.96 bits per heavy atom. The molecule has 1 amide bonds. The summed E-state index contributed by atoms with van der Waals surface area (Å²) in [7, 11) is 0. The van der Waals surface area contributed by atoms with Crippen LogP contribution in [0.25, 0.3) is 22.2 Å². The molecule has 7 heteroatoms. The predicted octanol–water partition coefficient (Wildman–Crippen LogP) is 2.53. The van der Waals surface area contributed by atoms with E-state index < -0.39 is 0 Å². The topological polar surface area (TPSA) is 71.7 Å². The molecule has 3 aromatic rings. The predicted molar refractivity (Wildman–Crippen MR) is 94.4 cm³/mol. The van der Waals surface area contributed by atoms with Gasteiger partial charge in [-0.2, -0.15) is 0 Å². The van der Waals surface area contributed by atoms with Gasteiger partial charge in [0.05, 0.1) is 12.6 Å². The zero-order chi connectivity index (χ0) is 17.5. The van der Waals surface area contributed by atoms with Gasteiger partial charge in [-0.05, 0) is 16.8 Å². The summed E-state index contributed by atoms with van der Waals surface area (Å²) in [6.45, 7) is 3.25. The van der Waals surface area contributed by atoms with Gasteiger partial charge < -0.3 is 9.15 Å². The van der Waals surface area contributed by atoms with Crippen molar-refractivity contribution < 1.29 is 13.9 Å². The van der Waals surface area contributed by atoms with Gasteiger partial charge in [0.1, 0.15) is 6.61 Å². The number of amides is 1. The van der Waals surface area contributed by atoms with Crippen LogP contribution in [0.3, 0.4) is 0 Å². The average molecular weight is 350 g/mol. The lowest BCUT2D eigenvalue weighted by Crippen LogP contribution is -2.51. The SMILES string of the molecule is O=C1OCC2CN(Cc3nnc(-c4cccc5ccccc45)o3)CCN12. The van der Waals surface area contributed by atoms with E-state index in [1.807, 2.05) is 24.3 Å². The van der Waals surface area contributed by atoms with Gasteiger partial charge in [-0.15, -0.1) is 10.2 Å². The molecule has 5 rings (SSSR count). The number of carbonyl (C=O) groups is 1. The Hall–Kier alpha value is -2.93. The van der Waals surface area contributed by atoms with Crippen molar-refractivity contribution >= 4 is 16.9 Å². The quantitative estimate of drug-likeness (QED) is 0.723. The molecule has 0 spiro atoms. The summed E-state index contributed by atoms with van der Waals surface area (Å²) in [5.41, 5.74) is 0.946. The summed E-state index contributed by atoms with van der Waals surface area (Å²) in [5, 5.41) is 10.7. The van der Waals surface area contributed by atoms with E-state index in [0.717, 1.165) is 29.4 Å². The molecule has 1 unspecified atom stereocenters. The number of benzene rings is 2. The maximum atomic E-state index is 11.6. The van der Waals surface area contributed by atoms with Crippen molar-refractivity contribution in [1.82, 2.24) is 20.0 Å². The second-order valence-corrected chi connectivity index (χ2v) is 6.69. The highest BCUT2D eigenvalue weighted by molar-refractivity contribution is 5.94. The van der Waals surface area contributed by atoms with Crippen LogP contribution in [-0.2, 0) is 11.3 Å². The standard InChI is InChI=1S/C19H18N4O3/c24-19-23-9-8-22(10-14(23)12-25-19)11-17-20-21-18(26-17)16-7-3-5-13-4-1-2-6-15(13)16/h1-7,14H,8-12H2. The highest BCUT2D eigenvalue weighted by atomic mass is 16.6. The molecule has 0 saturated carbocycles. The number of nitrogens with zero attached hydrogens (tertiary/aromatic N) is 4. The van der Waals surface area contributed by atoms with Crippen molar-refractivity contribution in [3.05, 3.63) is 48.4 Å². The van der Waals surface area contributed by atoms with Crippen LogP contribution in [0.4, 0.5) is 4.79 Å². The highest BCUT2D eigenvalue weighted by Gasteiger charge is 2.37. The van der Waals surface area contributed by atoms with Crippen molar-refractivity contribution in [2.75, 3.05) is 26.2 Å². The number of carbonyl (C=O) groups excluding carboxylic acids is 1. The molecule has 0 radical (unpaired) electrons. The third-order valence-corrected chi connectivity index (χ3v) is 5.05. The molecule has 26 heavy (non-hydrogen) atoms. The number of cyclic esters (lactones) is 1. The monoisotopic (exact) mass is 350 g/mol. The van der Waals surface area contributed by atoms with Gasteiger partial charge in [0.15, 0.2) is 0 Å². The van der Waals surface area contributed by atoms with Gasteiger partial charge in [-0.25, -0.2) is 4.79 Å². The maximum absolute atomic E-state index is 11.6. The van der Waals surface area contributed by atoms with E-state index in [4.69, 9.17) is 9.15 Å². The summed E-state index contributed by atoms with van der Waals surface area (Å²) in [5.74, 6) is 1.13. The second-order valence-electron chi connectivity index (χ2n) is 6.69. The van der Waals surface area contributed by atoms with E-state index in [1.165, 1.54) is 0 Å². The molecular formula is C19H18N4O3. The second kappa shape index (κ2) is 6.10. The van der Waals surface area contributed by atoms with Crippen molar-refractivity contribution in [3.8, 4) is 11.5 Å². The first-order chi connectivity index (χ1) is 12.8. The van der Waals surface area contributed by atoms with Gasteiger partial charge >= 0.3 is 6.09 Å². The van der Waals surface area contributed by atoms with Crippen LogP contribution >= 0.6 is 0 Å². The molecule has 1 aromatic heterocycles. The Morgan fingerprint density at radius 1 is 1.08 bits per heavy atom. The van der Waals surface area contributed by atoms with Gasteiger partial charge in [-0.3, -0.25) is 9.80 Å². The summed E-state index contributed by atoms with van der Waals surface area (Å²) < 4.78 is 11.0. The molecule has 132 valence electrons. The summed E-state index contributed by atoms with van der Waals surface area (Å²) in [6.07, 6.45) is -0.203. The fourth-order valence-electron chi connectivity index (χ4n) is 3.73. The van der Waals surface area contributed by atoms with Gasteiger partial charge in [0.25, 0.3) is 0 Å². The van der Waals surface area contributed by atoms with Crippen LogP contribution < -0.4 is 0 Å². The summed E-state index contributed by atoms with van der Waals surface area (Å²) in [4.78, 5) is 15.6. The van der Waals surface area contributed by atoms with Crippen molar-refractivity contribution in [3.63, 3.8) is 0 Å². The van der Waals surface area contributed by atoms with E-state index in [0.29, 0.717) is 31.5 Å². The molecule has 2 aliphatic heterocycles. The van der Waals surface area contributed by atoms with Crippen LogP contribution in [-0.4, -0.2) is 58.4 Å². The number of fused-ring (bicyclic) bond motifs is 2. The third-order valence-electron chi connectivity index (χ3n) is 5.05. The molecule has 0 N–H and O–H groups in total. The van der Waals surface area contributed by atoms with Crippen LogP contribution in [0.15, 0.2) is 46.9 Å². The number of piperazine rings is 1. The van der Waals surface area contributed by atoms with Crippen LogP contribution in [0.5, 0.6) is 0 Å². The van der Waals surface area contributed by atoms with Gasteiger partial charge in [-0.1, -0.05) is 36.4 Å². The van der Waals surface area contributed by atoms with Crippen LogP contribution in [0.1, 0.15) is 5.89 Å². The number of rotatable bonds is 3. The number of ether oxygens (including phenoxy) is 1. The zero-order valence-corrected chi connectivity index (χ0v) is 14.2. The maximum Gasteiger partial charge on any atom is 0.410 e. The first-order valence-electron chi connectivity index (χ1n) is 8.74. The molecule has 2 aromatic carbocycles. The molecule has 7 nitrogen and oxygen atoms in total. The first-order valence-corrected chi connectivity index (χ1v) is 8.74. The number of hydrogen-bond donors (Lipinski definition) is 0. The van der Waals surface area contributed by atoms with E-state index in [1.54, 1.807) is 4.90 Å². The fourth-order valence-corrected chi connectivity index (χ4v) is 3.73. The molecule has 0 bridgehead atoms. The van der Waals surface area contributed by atoms with Crippen LogP contribution in [0, 0.1) is 0 Å². The Kier molecular flexibility index (Phi) is 3.60. The summed E-state index contributed by atoms with van der Waals surface area (Å²) >= 11 is 0. The van der Waals surface area contributed by atoms with E-state index >= 15 is 0 Å². The van der Waals surface area contributed by atoms with Crippen molar-refractivity contribution in [1.29, 1.82) is 0 Å². The highest BCUT2D eigenvalue weighted by Crippen LogP contribution is 2.28. The lowest BCUT2D eigenvalue weighted by Gasteiger charge is -2.34. The molecular weight excluding hydrogens is 332 g/mol. The minimum atomic E-state index is -0.203. The fraction of sp³-hybridized carbons (Fsp3) is 0.316. The summed E-state index contributed by atoms with van der Waals surface area (Å²) in [6, 6.07) is 14.3. The molecule has 0 aliphatic carbocycles. The smallest absolute Gasteiger partial charge is 0.410 e. The number of hydrogen-bond acceptors (Lipinski definition) is 6. The largest absolute Gasteiger partial charge is 0.447 e. The minimum Gasteiger partial charge on any atom is -0.447 e. The Labute approximate surface area is 150 Å². The Morgan fingerprint density at radius 3 is 2.92 bits per heavy atom. The van der Waals surface area contributed by atoms with E-state index in [9.17, 15) is 4.79 Å². The molecule has 2 aliphatic rings. The zero-order valence-electron chi connectivity index (χ0n) is 14.2. The van der Waals surface area contributed by atoms with E-state index in [-0.39, 0.29) is 12.1 Å². The molecule has 2 fully saturated rings. The lowest BCUT2D eigenvalue weighted by atomic mass is 10.0. The first kappa shape index (κ1) is 15.3. The van der Waals surface area contributed by atoms with Gasteiger partial charge in [0.2, 0.25) is 11.8 Å². The average Bonchev–Trinajstić information content (AvgIpc) is 3.28.